The molecule has 0 fully saturated rings. The van der Waals surface area contributed by atoms with Gasteiger partial charge in [0.15, 0.2) is 0 Å². The van der Waals surface area contributed by atoms with Crippen molar-refractivity contribution >= 4 is 39.2 Å². The van der Waals surface area contributed by atoms with E-state index in [-0.39, 0.29) is 17.5 Å². The lowest BCUT2D eigenvalue weighted by molar-refractivity contribution is 0.0696. The number of benzene rings is 2. The summed E-state index contributed by atoms with van der Waals surface area (Å²) in [4.78, 5) is 11.4. The van der Waals surface area contributed by atoms with E-state index in [2.05, 4.69) is 45.5 Å². The van der Waals surface area contributed by atoms with Crippen molar-refractivity contribution in [1.29, 1.82) is 0 Å². The number of carbonyl (C=O) groups is 1. The third-order valence-corrected chi connectivity index (χ3v) is 5.67. The van der Waals surface area contributed by atoms with Gasteiger partial charge in [-0.2, -0.15) is 0 Å². The first kappa shape index (κ1) is 15.7. The minimum atomic E-state index is -0.952. The third kappa shape index (κ3) is 2.54. The lowest BCUT2D eigenvalue weighted by Gasteiger charge is -2.38. The first-order valence-corrected chi connectivity index (χ1v) is 8.97. The van der Waals surface area contributed by atoms with Crippen molar-refractivity contribution in [1.82, 2.24) is 0 Å². The zero-order chi connectivity index (χ0) is 16.8. The van der Waals surface area contributed by atoms with E-state index in [4.69, 9.17) is 11.6 Å². The van der Waals surface area contributed by atoms with Crippen molar-refractivity contribution in [2.45, 2.75) is 18.4 Å². The normalized spacial score (nSPS) is 24.2. The van der Waals surface area contributed by atoms with E-state index in [1.807, 2.05) is 12.1 Å². The second-order valence-corrected chi connectivity index (χ2v) is 7.58. The van der Waals surface area contributed by atoms with Crippen LogP contribution in [0.1, 0.15) is 39.9 Å². The Hall–Kier alpha value is -1.78. The summed E-state index contributed by atoms with van der Waals surface area (Å²) in [6, 6.07) is 11.7. The van der Waals surface area contributed by atoms with Gasteiger partial charge in [-0.25, -0.2) is 4.79 Å². The molecular formula is C19H15BrClNO2. The SMILES string of the molecule is O=C(O)c1cc(Cl)c2c(c1)[C@H]1C=CC[C@H]1[C@@H](c1cccc(Br)c1)N2. The van der Waals surface area contributed by atoms with E-state index in [0.29, 0.717) is 10.9 Å². The van der Waals surface area contributed by atoms with Crippen LogP contribution in [0, 0.1) is 5.92 Å². The number of rotatable bonds is 2. The van der Waals surface area contributed by atoms with Crippen LogP contribution in [0.3, 0.4) is 0 Å². The fraction of sp³-hybridized carbons (Fsp3) is 0.211. The number of fused-ring (bicyclic) bond motifs is 3. The molecule has 0 aromatic heterocycles. The number of hydrogen-bond acceptors (Lipinski definition) is 2. The molecule has 0 saturated heterocycles. The highest BCUT2D eigenvalue weighted by molar-refractivity contribution is 9.10. The summed E-state index contributed by atoms with van der Waals surface area (Å²) in [5, 5.41) is 13.3. The van der Waals surface area contributed by atoms with Gasteiger partial charge in [-0.3, -0.25) is 0 Å². The van der Waals surface area contributed by atoms with Crippen LogP contribution in [0.15, 0.2) is 53.0 Å². The van der Waals surface area contributed by atoms with Crippen LogP contribution in [0.4, 0.5) is 5.69 Å². The summed E-state index contributed by atoms with van der Waals surface area (Å²) in [6.45, 7) is 0. The molecule has 1 aliphatic carbocycles. The first-order valence-electron chi connectivity index (χ1n) is 7.80. The predicted molar refractivity (Wildman–Crippen MR) is 98.9 cm³/mol. The standard InChI is InChI=1S/C19H15BrClNO2/c20-12-4-1-3-10(7-12)17-14-6-2-5-13(14)15-8-11(19(23)24)9-16(21)18(15)22-17/h1-5,7-9,13-14,17,22H,6H2,(H,23,24)/t13-,14+,17+/m0/s1. The monoisotopic (exact) mass is 403 g/mol. The lowest BCUT2D eigenvalue weighted by atomic mass is 9.76. The molecule has 4 rings (SSSR count). The van der Waals surface area contributed by atoms with Gasteiger partial charge in [-0.1, -0.05) is 51.8 Å². The Labute approximate surface area is 153 Å². The van der Waals surface area contributed by atoms with Crippen molar-refractivity contribution in [3.05, 3.63) is 74.7 Å². The smallest absolute Gasteiger partial charge is 0.335 e. The second kappa shape index (κ2) is 5.94. The van der Waals surface area contributed by atoms with E-state index in [0.717, 1.165) is 22.1 Å². The quantitative estimate of drug-likeness (QED) is 0.638. The van der Waals surface area contributed by atoms with Gasteiger partial charge in [0, 0.05) is 10.4 Å². The Morgan fingerprint density at radius 2 is 2.12 bits per heavy atom. The Balaban J connectivity index is 1.83. The number of hydrogen-bond donors (Lipinski definition) is 2. The van der Waals surface area contributed by atoms with Gasteiger partial charge < -0.3 is 10.4 Å². The Kier molecular flexibility index (Phi) is 3.89. The van der Waals surface area contributed by atoms with Gasteiger partial charge in [0.2, 0.25) is 0 Å². The first-order chi connectivity index (χ1) is 11.5. The largest absolute Gasteiger partial charge is 0.478 e. The van der Waals surface area contributed by atoms with Crippen LogP contribution in [0.2, 0.25) is 5.02 Å². The molecule has 2 N–H and O–H groups in total. The summed E-state index contributed by atoms with van der Waals surface area (Å²) in [6.07, 6.45) is 5.32. The lowest BCUT2D eigenvalue weighted by Crippen LogP contribution is -2.29. The number of allylic oxidation sites excluding steroid dienone is 2. The van der Waals surface area contributed by atoms with Crippen molar-refractivity contribution in [3.63, 3.8) is 0 Å². The summed E-state index contributed by atoms with van der Waals surface area (Å²) in [7, 11) is 0. The molecule has 1 aliphatic heterocycles. The van der Waals surface area contributed by atoms with Crippen molar-refractivity contribution in [2.24, 2.45) is 5.92 Å². The third-order valence-electron chi connectivity index (χ3n) is 4.88. The van der Waals surface area contributed by atoms with E-state index in [1.54, 1.807) is 6.07 Å². The maximum absolute atomic E-state index is 11.4. The topological polar surface area (TPSA) is 49.3 Å². The molecule has 0 bridgehead atoms. The molecule has 2 aromatic rings. The number of anilines is 1. The summed E-state index contributed by atoms with van der Waals surface area (Å²) < 4.78 is 1.04. The highest BCUT2D eigenvalue weighted by atomic mass is 79.9. The number of halogens is 2. The molecular weight excluding hydrogens is 390 g/mol. The highest BCUT2D eigenvalue weighted by Crippen LogP contribution is 2.51. The second-order valence-electron chi connectivity index (χ2n) is 6.26. The molecule has 122 valence electrons. The molecule has 3 nitrogen and oxygen atoms in total. The summed E-state index contributed by atoms with van der Waals surface area (Å²) >= 11 is 9.94. The maximum atomic E-state index is 11.4. The van der Waals surface area contributed by atoms with Gasteiger partial charge >= 0.3 is 5.97 Å². The Morgan fingerprint density at radius 1 is 1.29 bits per heavy atom. The number of nitrogens with one attached hydrogen (secondary N) is 1. The average Bonchev–Trinajstić information content (AvgIpc) is 3.04. The van der Waals surface area contributed by atoms with Gasteiger partial charge in [-0.15, -0.1) is 0 Å². The van der Waals surface area contributed by atoms with Crippen LogP contribution < -0.4 is 5.32 Å². The molecule has 24 heavy (non-hydrogen) atoms. The molecule has 1 heterocycles. The zero-order valence-electron chi connectivity index (χ0n) is 12.7. The summed E-state index contributed by atoms with van der Waals surface area (Å²) in [5.41, 5.74) is 3.26. The van der Waals surface area contributed by atoms with Crippen LogP contribution in [-0.4, -0.2) is 11.1 Å². The predicted octanol–water partition coefficient (Wildman–Crippen LogP) is 5.63. The number of carboxylic acids is 1. The van der Waals surface area contributed by atoms with Gasteiger partial charge in [0.1, 0.15) is 0 Å². The average molecular weight is 405 g/mol. The van der Waals surface area contributed by atoms with Crippen LogP contribution in [0.5, 0.6) is 0 Å². The van der Waals surface area contributed by atoms with E-state index >= 15 is 0 Å². The van der Waals surface area contributed by atoms with E-state index in [9.17, 15) is 9.90 Å². The number of aromatic carboxylic acids is 1. The minimum absolute atomic E-state index is 0.142. The molecule has 0 amide bonds. The highest BCUT2D eigenvalue weighted by Gasteiger charge is 2.39. The summed E-state index contributed by atoms with van der Waals surface area (Å²) in [5.74, 6) is -0.415. The van der Waals surface area contributed by atoms with E-state index in [1.165, 1.54) is 11.6 Å². The van der Waals surface area contributed by atoms with Crippen LogP contribution in [0.25, 0.3) is 0 Å². The van der Waals surface area contributed by atoms with Crippen LogP contribution >= 0.6 is 27.5 Å². The molecule has 2 aromatic carbocycles. The molecule has 0 spiro atoms. The minimum Gasteiger partial charge on any atom is -0.478 e. The fourth-order valence-electron chi connectivity index (χ4n) is 3.81. The molecule has 0 saturated carbocycles. The Bertz CT molecular complexity index is 864. The van der Waals surface area contributed by atoms with Gasteiger partial charge in [0.05, 0.1) is 22.3 Å². The van der Waals surface area contributed by atoms with Crippen molar-refractivity contribution in [3.8, 4) is 0 Å². The Morgan fingerprint density at radius 3 is 2.88 bits per heavy atom. The van der Waals surface area contributed by atoms with Crippen molar-refractivity contribution < 1.29 is 9.90 Å². The van der Waals surface area contributed by atoms with Crippen LogP contribution in [-0.2, 0) is 0 Å². The van der Waals surface area contributed by atoms with E-state index < -0.39 is 5.97 Å². The molecule has 0 radical (unpaired) electrons. The molecule has 2 aliphatic rings. The van der Waals surface area contributed by atoms with Crippen molar-refractivity contribution in [2.75, 3.05) is 5.32 Å². The zero-order valence-corrected chi connectivity index (χ0v) is 15.0. The van der Waals surface area contributed by atoms with Gasteiger partial charge in [-0.05, 0) is 47.7 Å². The maximum Gasteiger partial charge on any atom is 0.335 e. The number of carboxylic acid groups (broad SMARTS) is 1. The van der Waals surface area contributed by atoms with Gasteiger partial charge in [0.25, 0.3) is 0 Å². The molecule has 3 atom stereocenters. The molecule has 5 heteroatoms. The molecule has 0 unspecified atom stereocenters. The fourth-order valence-corrected chi connectivity index (χ4v) is 4.51.